The summed E-state index contributed by atoms with van der Waals surface area (Å²) in [6.07, 6.45) is 4.08. The minimum absolute atomic E-state index is 0.0905. The fraction of sp³-hybridized carbons (Fsp3) is 0.250. The number of benzene rings is 2. The molecule has 0 aliphatic heterocycles. The van der Waals surface area contributed by atoms with Crippen molar-refractivity contribution in [2.24, 2.45) is 0 Å². The lowest BCUT2D eigenvalue weighted by Crippen LogP contribution is -2.07. The van der Waals surface area contributed by atoms with Gasteiger partial charge in [-0.2, -0.15) is 0 Å². The van der Waals surface area contributed by atoms with Crippen molar-refractivity contribution < 1.29 is 9.53 Å². The molecule has 0 unspecified atom stereocenters. The van der Waals surface area contributed by atoms with E-state index in [-0.39, 0.29) is 11.9 Å². The van der Waals surface area contributed by atoms with Crippen molar-refractivity contribution in [1.82, 2.24) is 0 Å². The van der Waals surface area contributed by atoms with Gasteiger partial charge < -0.3 is 4.74 Å². The average Bonchev–Trinajstić information content (AvgIpc) is 2.54. The van der Waals surface area contributed by atoms with Crippen molar-refractivity contribution >= 4 is 11.9 Å². The zero-order valence-electron chi connectivity index (χ0n) is 13.2. The number of rotatable bonds is 7. The van der Waals surface area contributed by atoms with Gasteiger partial charge in [-0.3, -0.25) is 4.79 Å². The van der Waals surface area contributed by atoms with Crippen LogP contribution < -0.4 is 0 Å². The molecule has 0 fully saturated rings. The Kier molecular flexibility index (Phi) is 6.11. The molecule has 0 aliphatic carbocycles. The summed E-state index contributed by atoms with van der Waals surface area (Å²) in [4.78, 5) is 11.7. The van der Waals surface area contributed by atoms with E-state index in [9.17, 15) is 4.79 Å². The maximum absolute atomic E-state index is 11.7. The van der Waals surface area contributed by atoms with E-state index in [1.54, 1.807) is 6.08 Å². The number of carbonyl (C=O) groups is 1. The van der Waals surface area contributed by atoms with Crippen LogP contribution in [0.25, 0.3) is 17.2 Å². The molecule has 0 N–H and O–H groups in total. The van der Waals surface area contributed by atoms with Gasteiger partial charge in [-0.1, -0.05) is 60.7 Å². The Balaban J connectivity index is 1.91. The van der Waals surface area contributed by atoms with Crippen molar-refractivity contribution in [2.75, 3.05) is 6.61 Å². The number of ether oxygens (including phenoxy) is 1. The smallest absolute Gasteiger partial charge is 0.158 e. The van der Waals surface area contributed by atoms with E-state index in [1.807, 2.05) is 50.3 Å². The standard InChI is InChI=1S/C20H22O2/c1-16(2)22-15-14-20(21)13-10-17-8-11-19(12-9-17)18-6-4-3-5-7-18/h3-13,16H,14-15H2,1-2H3. The van der Waals surface area contributed by atoms with Gasteiger partial charge in [0.25, 0.3) is 0 Å². The van der Waals surface area contributed by atoms with Crippen LogP contribution >= 0.6 is 0 Å². The Hall–Kier alpha value is -2.19. The molecule has 0 aliphatic rings. The molecule has 2 nitrogen and oxygen atoms in total. The van der Waals surface area contributed by atoms with Crippen LogP contribution in [0.2, 0.25) is 0 Å². The summed E-state index contributed by atoms with van der Waals surface area (Å²) in [6, 6.07) is 18.4. The van der Waals surface area contributed by atoms with E-state index in [1.165, 1.54) is 11.1 Å². The largest absolute Gasteiger partial charge is 0.378 e. The predicted molar refractivity (Wildman–Crippen MR) is 91.6 cm³/mol. The van der Waals surface area contributed by atoms with Crippen molar-refractivity contribution in [3.05, 3.63) is 66.2 Å². The number of hydrogen-bond acceptors (Lipinski definition) is 2. The van der Waals surface area contributed by atoms with Crippen molar-refractivity contribution in [3.63, 3.8) is 0 Å². The lowest BCUT2D eigenvalue weighted by molar-refractivity contribution is -0.115. The second kappa shape index (κ2) is 8.30. The summed E-state index contributed by atoms with van der Waals surface area (Å²) in [5.74, 6) is 0.0905. The van der Waals surface area contributed by atoms with Crippen LogP contribution in [0.4, 0.5) is 0 Å². The van der Waals surface area contributed by atoms with Gasteiger partial charge in [0.05, 0.1) is 12.7 Å². The van der Waals surface area contributed by atoms with Gasteiger partial charge in [0.1, 0.15) is 0 Å². The molecule has 0 aromatic heterocycles. The van der Waals surface area contributed by atoms with E-state index < -0.39 is 0 Å². The molecule has 0 heterocycles. The van der Waals surface area contributed by atoms with Crippen LogP contribution in [0.5, 0.6) is 0 Å². The number of hydrogen-bond donors (Lipinski definition) is 0. The van der Waals surface area contributed by atoms with Gasteiger partial charge in [-0.25, -0.2) is 0 Å². The molecule has 0 amide bonds. The van der Waals surface area contributed by atoms with Crippen LogP contribution in [-0.2, 0) is 9.53 Å². The maximum Gasteiger partial charge on any atom is 0.158 e. The number of allylic oxidation sites excluding steroid dienone is 1. The van der Waals surface area contributed by atoms with Gasteiger partial charge in [0.15, 0.2) is 5.78 Å². The molecule has 2 rings (SSSR count). The molecule has 2 aromatic carbocycles. The fourth-order valence-electron chi connectivity index (χ4n) is 2.09. The third kappa shape index (κ3) is 5.30. The molecule has 0 bridgehead atoms. The summed E-state index contributed by atoms with van der Waals surface area (Å²) in [7, 11) is 0. The normalized spacial score (nSPS) is 11.2. The number of ketones is 1. The van der Waals surface area contributed by atoms with Gasteiger partial charge >= 0.3 is 0 Å². The quantitative estimate of drug-likeness (QED) is 0.689. The highest BCUT2D eigenvalue weighted by Crippen LogP contribution is 2.19. The van der Waals surface area contributed by atoms with E-state index in [2.05, 4.69) is 24.3 Å². The van der Waals surface area contributed by atoms with Crippen LogP contribution in [-0.4, -0.2) is 18.5 Å². The third-order valence-corrected chi connectivity index (χ3v) is 3.28. The van der Waals surface area contributed by atoms with Crippen LogP contribution in [0.1, 0.15) is 25.8 Å². The molecule has 22 heavy (non-hydrogen) atoms. The monoisotopic (exact) mass is 294 g/mol. The predicted octanol–water partition coefficient (Wildman–Crippen LogP) is 4.75. The summed E-state index contributed by atoms with van der Waals surface area (Å²) in [6.45, 7) is 4.41. The Morgan fingerprint density at radius 3 is 2.27 bits per heavy atom. The summed E-state index contributed by atoms with van der Waals surface area (Å²) < 4.78 is 5.37. The van der Waals surface area contributed by atoms with E-state index >= 15 is 0 Å². The van der Waals surface area contributed by atoms with Gasteiger partial charge in [-0.05, 0) is 36.6 Å². The zero-order chi connectivity index (χ0) is 15.8. The Bertz CT molecular complexity index is 610. The Morgan fingerprint density at radius 2 is 1.64 bits per heavy atom. The Labute approximate surface area is 132 Å². The molecule has 0 radical (unpaired) electrons. The van der Waals surface area contributed by atoms with E-state index in [0.717, 1.165) is 5.56 Å². The molecule has 0 saturated heterocycles. The van der Waals surface area contributed by atoms with Crippen molar-refractivity contribution in [1.29, 1.82) is 0 Å². The number of carbonyl (C=O) groups excluding carboxylic acids is 1. The van der Waals surface area contributed by atoms with Crippen LogP contribution in [0, 0.1) is 0 Å². The van der Waals surface area contributed by atoms with Gasteiger partial charge in [-0.15, -0.1) is 0 Å². The van der Waals surface area contributed by atoms with E-state index in [0.29, 0.717) is 13.0 Å². The summed E-state index contributed by atoms with van der Waals surface area (Å²) in [5.41, 5.74) is 3.40. The molecular weight excluding hydrogens is 272 g/mol. The third-order valence-electron chi connectivity index (χ3n) is 3.28. The first-order valence-corrected chi connectivity index (χ1v) is 7.63. The molecule has 2 aromatic rings. The first-order chi connectivity index (χ1) is 10.6. The fourth-order valence-corrected chi connectivity index (χ4v) is 2.09. The highest BCUT2D eigenvalue weighted by atomic mass is 16.5. The topological polar surface area (TPSA) is 26.3 Å². The van der Waals surface area contributed by atoms with Gasteiger partial charge in [0.2, 0.25) is 0 Å². The Morgan fingerprint density at radius 1 is 1.00 bits per heavy atom. The molecule has 0 spiro atoms. The summed E-state index contributed by atoms with van der Waals surface area (Å²) >= 11 is 0. The van der Waals surface area contributed by atoms with Crippen molar-refractivity contribution in [2.45, 2.75) is 26.4 Å². The minimum Gasteiger partial charge on any atom is -0.378 e. The van der Waals surface area contributed by atoms with Crippen molar-refractivity contribution in [3.8, 4) is 11.1 Å². The highest BCUT2D eigenvalue weighted by molar-refractivity contribution is 5.93. The molecule has 0 atom stereocenters. The van der Waals surface area contributed by atoms with Gasteiger partial charge in [0, 0.05) is 6.42 Å². The van der Waals surface area contributed by atoms with Crippen LogP contribution in [0.3, 0.4) is 0 Å². The molecule has 114 valence electrons. The second-order valence-electron chi connectivity index (χ2n) is 5.46. The SMILES string of the molecule is CC(C)OCCC(=O)C=Cc1ccc(-c2ccccc2)cc1. The lowest BCUT2D eigenvalue weighted by Gasteiger charge is -2.05. The van der Waals surface area contributed by atoms with Crippen LogP contribution in [0.15, 0.2) is 60.7 Å². The molecule has 2 heteroatoms. The molecule has 0 saturated carbocycles. The summed E-state index contributed by atoms with van der Waals surface area (Å²) in [5, 5.41) is 0. The first-order valence-electron chi connectivity index (χ1n) is 7.63. The zero-order valence-corrected chi connectivity index (χ0v) is 13.2. The lowest BCUT2D eigenvalue weighted by atomic mass is 10.0. The van der Waals surface area contributed by atoms with E-state index in [4.69, 9.17) is 4.74 Å². The highest BCUT2D eigenvalue weighted by Gasteiger charge is 1.99. The average molecular weight is 294 g/mol. The maximum atomic E-state index is 11.7. The second-order valence-corrected chi connectivity index (χ2v) is 5.46. The first kappa shape index (κ1) is 16.2. The minimum atomic E-state index is 0.0905. The molecular formula is C20H22O2.